The van der Waals surface area contributed by atoms with Gasteiger partial charge in [0.25, 0.3) is 0 Å². The van der Waals surface area contributed by atoms with E-state index in [0.29, 0.717) is 12.1 Å². The SMILES string of the molecule is CCn1nccc1CNC1CCN(C)C(C)C1. The number of rotatable bonds is 4. The average Bonchev–Trinajstić information content (AvgIpc) is 2.78. The lowest BCUT2D eigenvalue weighted by atomic mass is 9.99. The summed E-state index contributed by atoms with van der Waals surface area (Å²) < 4.78 is 2.06. The third-order valence-corrected chi connectivity index (χ3v) is 3.88. The lowest BCUT2D eigenvalue weighted by molar-refractivity contribution is 0.167. The Bertz CT molecular complexity index is 347. The number of aryl methyl sites for hydroxylation is 1. The van der Waals surface area contributed by atoms with E-state index in [4.69, 9.17) is 0 Å². The first-order chi connectivity index (χ1) is 8.20. The molecule has 2 atom stereocenters. The molecule has 2 unspecified atom stereocenters. The van der Waals surface area contributed by atoms with Gasteiger partial charge in [-0.1, -0.05) is 0 Å². The number of aromatic nitrogens is 2. The number of piperidine rings is 1. The molecular weight excluding hydrogens is 212 g/mol. The van der Waals surface area contributed by atoms with Gasteiger partial charge in [0.2, 0.25) is 0 Å². The summed E-state index contributed by atoms with van der Waals surface area (Å²) in [5, 5.41) is 7.96. The van der Waals surface area contributed by atoms with E-state index < -0.39 is 0 Å². The van der Waals surface area contributed by atoms with Gasteiger partial charge in [-0.2, -0.15) is 5.10 Å². The molecule has 1 saturated heterocycles. The topological polar surface area (TPSA) is 33.1 Å². The highest BCUT2D eigenvalue weighted by Crippen LogP contribution is 2.15. The van der Waals surface area contributed by atoms with Gasteiger partial charge in [0.05, 0.1) is 5.69 Å². The third kappa shape index (κ3) is 3.07. The van der Waals surface area contributed by atoms with Crippen LogP contribution in [0.15, 0.2) is 12.3 Å². The van der Waals surface area contributed by atoms with Crippen LogP contribution < -0.4 is 5.32 Å². The average molecular weight is 236 g/mol. The molecule has 1 fully saturated rings. The minimum Gasteiger partial charge on any atom is -0.308 e. The van der Waals surface area contributed by atoms with Crippen LogP contribution in [-0.2, 0) is 13.1 Å². The van der Waals surface area contributed by atoms with Crippen LogP contribution in [0.1, 0.15) is 32.4 Å². The van der Waals surface area contributed by atoms with E-state index in [1.807, 2.05) is 6.20 Å². The van der Waals surface area contributed by atoms with E-state index in [-0.39, 0.29) is 0 Å². The van der Waals surface area contributed by atoms with Gasteiger partial charge in [-0.25, -0.2) is 0 Å². The number of nitrogens with zero attached hydrogens (tertiary/aromatic N) is 3. The third-order valence-electron chi connectivity index (χ3n) is 3.88. The second-order valence-corrected chi connectivity index (χ2v) is 5.07. The highest BCUT2D eigenvalue weighted by Gasteiger charge is 2.22. The molecule has 0 aliphatic carbocycles. The zero-order valence-corrected chi connectivity index (χ0v) is 11.2. The smallest absolute Gasteiger partial charge is 0.0522 e. The summed E-state index contributed by atoms with van der Waals surface area (Å²) in [6.45, 7) is 7.53. The second kappa shape index (κ2) is 5.65. The summed E-state index contributed by atoms with van der Waals surface area (Å²) in [5.74, 6) is 0. The van der Waals surface area contributed by atoms with Gasteiger partial charge in [0, 0.05) is 31.4 Å². The molecule has 0 spiro atoms. The summed E-state index contributed by atoms with van der Waals surface area (Å²) in [7, 11) is 2.22. The lowest BCUT2D eigenvalue weighted by Gasteiger charge is -2.35. The van der Waals surface area contributed by atoms with E-state index in [9.17, 15) is 0 Å². The summed E-state index contributed by atoms with van der Waals surface area (Å²) in [4.78, 5) is 2.44. The first-order valence-electron chi connectivity index (χ1n) is 6.65. The first-order valence-corrected chi connectivity index (χ1v) is 6.65. The molecule has 0 saturated carbocycles. The minimum absolute atomic E-state index is 0.654. The summed E-state index contributed by atoms with van der Waals surface area (Å²) in [6, 6.07) is 3.45. The lowest BCUT2D eigenvalue weighted by Crippen LogP contribution is -2.45. The Labute approximate surface area is 104 Å². The zero-order valence-electron chi connectivity index (χ0n) is 11.2. The molecule has 4 nitrogen and oxygen atoms in total. The van der Waals surface area contributed by atoms with Gasteiger partial charge >= 0.3 is 0 Å². The van der Waals surface area contributed by atoms with Crippen LogP contribution in [0, 0.1) is 0 Å². The molecule has 1 N–H and O–H groups in total. The molecule has 1 aromatic heterocycles. The van der Waals surface area contributed by atoms with Crippen molar-refractivity contribution in [2.75, 3.05) is 13.6 Å². The molecule has 1 aromatic rings. The Morgan fingerprint density at radius 1 is 1.53 bits per heavy atom. The van der Waals surface area contributed by atoms with Gasteiger partial charge in [-0.05, 0) is 46.3 Å². The van der Waals surface area contributed by atoms with Crippen LogP contribution in [0.5, 0.6) is 0 Å². The van der Waals surface area contributed by atoms with Crippen molar-refractivity contribution in [2.45, 2.75) is 51.9 Å². The van der Waals surface area contributed by atoms with Crippen molar-refractivity contribution in [3.63, 3.8) is 0 Å². The molecular formula is C13H24N4. The number of hydrogen-bond donors (Lipinski definition) is 1. The van der Waals surface area contributed by atoms with Crippen LogP contribution in [-0.4, -0.2) is 40.4 Å². The Balaban J connectivity index is 1.82. The number of likely N-dealkylation sites (tertiary alicyclic amines) is 1. The summed E-state index contributed by atoms with van der Waals surface area (Å²) in [6.07, 6.45) is 4.38. The van der Waals surface area contributed by atoms with Crippen LogP contribution >= 0.6 is 0 Å². The maximum absolute atomic E-state index is 4.29. The molecule has 0 radical (unpaired) electrons. The maximum atomic E-state index is 4.29. The van der Waals surface area contributed by atoms with E-state index >= 15 is 0 Å². The number of nitrogens with one attached hydrogen (secondary N) is 1. The summed E-state index contributed by atoms with van der Waals surface area (Å²) in [5.41, 5.74) is 1.29. The standard InChI is InChI=1S/C13H24N4/c1-4-17-13(5-7-15-17)10-14-12-6-8-16(3)11(2)9-12/h5,7,11-12,14H,4,6,8-10H2,1-3H3. The fourth-order valence-electron chi connectivity index (χ4n) is 2.52. The molecule has 0 amide bonds. The highest BCUT2D eigenvalue weighted by molar-refractivity contribution is 5.00. The van der Waals surface area contributed by atoms with Crippen LogP contribution in [0.3, 0.4) is 0 Å². The Morgan fingerprint density at radius 2 is 2.35 bits per heavy atom. The second-order valence-electron chi connectivity index (χ2n) is 5.07. The predicted octanol–water partition coefficient (Wildman–Crippen LogP) is 1.48. The van der Waals surface area contributed by atoms with E-state index in [0.717, 1.165) is 13.1 Å². The molecule has 0 aromatic carbocycles. The fraction of sp³-hybridized carbons (Fsp3) is 0.769. The Morgan fingerprint density at radius 3 is 3.06 bits per heavy atom. The summed E-state index contributed by atoms with van der Waals surface area (Å²) >= 11 is 0. The molecule has 1 aliphatic heterocycles. The molecule has 17 heavy (non-hydrogen) atoms. The Hall–Kier alpha value is -0.870. The van der Waals surface area contributed by atoms with Crippen LogP contribution in [0.4, 0.5) is 0 Å². The zero-order chi connectivity index (χ0) is 12.3. The molecule has 4 heteroatoms. The van der Waals surface area contributed by atoms with Gasteiger partial charge in [-0.3, -0.25) is 4.68 Å². The van der Waals surface area contributed by atoms with Gasteiger partial charge in [0.1, 0.15) is 0 Å². The van der Waals surface area contributed by atoms with E-state index in [2.05, 4.69) is 47.0 Å². The van der Waals surface area contributed by atoms with Crippen molar-refractivity contribution in [3.8, 4) is 0 Å². The van der Waals surface area contributed by atoms with Crippen molar-refractivity contribution in [1.82, 2.24) is 20.0 Å². The monoisotopic (exact) mass is 236 g/mol. The molecule has 96 valence electrons. The van der Waals surface area contributed by atoms with Crippen molar-refractivity contribution in [1.29, 1.82) is 0 Å². The number of hydrogen-bond acceptors (Lipinski definition) is 3. The van der Waals surface area contributed by atoms with Crippen LogP contribution in [0.2, 0.25) is 0 Å². The van der Waals surface area contributed by atoms with E-state index in [1.165, 1.54) is 25.1 Å². The van der Waals surface area contributed by atoms with E-state index in [1.54, 1.807) is 0 Å². The highest BCUT2D eigenvalue weighted by atomic mass is 15.3. The maximum Gasteiger partial charge on any atom is 0.0522 e. The quantitative estimate of drug-likeness (QED) is 0.859. The molecule has 0 bridgehead atoms. The Kier molecular flexibility index (Phi) is 4.18. The van der Waals surface area contributed by atoms with Crippen molar-refractivity contribution < 1.29 is 0 Å². The van der Waals surface area contributed by atoms with Crippen molar-refractivity contribution >= 4 is 0 Å². The van der Waals surface area contributed by atoms with Gasteiger partial charge in [-0.15, -0.1) is 0 Å². The fourth-order valence-corrected chi connectivity index (χ4v) is 2.52. The molecule has 1 aliphatic rings. The van der Waals surface area contributed by atoms with Gasteiger partial charge < -0.3 is 10.2 Å². The molecule has 2 heterocycles. The predicted molar refractivity (Wildman–Crippen MR) is 69.9 cm³/mol. The molecule has 2 rings (SSSR count). The normalized spacial score (nSPS) is 26.3. The first kappa shape index (κ1) is 12.6. The van der Waals surface area contributed by atoms with Crippen LogP contribution in [0.25, 0.3) is 0 Å². The minimum atomic E-state index is 0.654. The van der Waals surface area contributed by atoms with Crippen molar-refractivity contribution in [2.24, 2.45) is 0 Å². The van der Waals surface area contributed by atoms with Crippen molar-refractivity contribution in [3.05, 3.63) is 18.0 Å². The largest absolute Gasteiger partial charge is 0.308 e. The van der Waals surface area contributed by atoms with Gasteiger partial charge in [0.15, 0.2) is 0 Å².